The summed E-state index contributed by atoms with van der Waals surface area (Å²) in [6.45, 7) is 3.05. The summed E-state index contributed by atoms with van der Waals surface area (Å²) in [4.78, 5) is 22.6. The molecule has 1 aliphatic heterocycles. The van der Waals surface area contributed by atoms with Gasteiger partial charge in [-0.15, -0.1) is 0 Å². The topological polar surface area (TPSA) is 58.1 Å². The van der Waals surface area contributed by atoms with Gasteiger partial charge in [0.2, 0.25) is 5.91 Å². The van der Waals surface area contributed by atoms with E-state index in [4.69, 9.17) is 0 Å². The standard InChI is InChI=1S/C19H21F3N4O/c1-13(16-4-2-3-9-23-16)25-18(27)14-7-10-26(11-8-14)17-6-5-15(12-24-17)19(20,21)22/h2-6,9,12-14H,7-8,10-11H2,1H3,(H,25,27). The van der Waals surface area contributed by atoms with E-state index in [9.17, 15) is 18.0 Å². The van der Waals surface area contributed by atoms with Crippen molar-refractivity contribution in [2.24, 2.45) is 5.92 Å². The van der Waals surface area contributed by atoms with E-state index in [2.05, 4.69) is 15.3 Å². The van der Waals surface area contributed by atoms with Crippen LogP contribution in [0.3, 0.4) is 0 Å². The van der Waals surface area contributed by atoms with Gasteiger partial charge in [-0.25, -0.2) is 4.98 Å². The highest BCUT2D eigenvalue weighted by Crippen LogP contribution is 2.30. The summed E-state index contributed by atoms with van der Waals surface area (Å²) >= 11 is 0. The Morgan fingerprint density at radius 2 is 1.93 bits per heavy atom. The minimum atomic E-state index is -4.39. The average molecular weight is 378 g/mol. The van der Waals surface area contributed by atoms with E-state index >= 15 is 0 Å². The van der Waals surface area contributed by atoms with Gasteiger partial charge in [0, 0.05) is 31.4 Å². The second kappa shape index (κ2) is 7.94. The Labute approximate surface area is 155 Å². The maximum absolute atomic E-state index is 12.6. The lowest BCUT2D eigenvalue weighted by Gasteiger charge is -2.32. The Hall–Kier alpha value is -2.64. The lowest BCUT2D eigenvalue weighted by molar-refractivity contribution is -0.137. The van der Waals surface area contributed by atoms with Crippen LogP contribution in [0.5, 0.6) is 0 Å². The summed E-state index contributed by atoms with van der Waals surface area (Å²) in [6, 6.07) is 7.81. The van der Waals surface area contributed by atoms with Gasteiger partial charge in [0.05, 0.1) is 17.3 Å². The molecule has 1 aliphatic rings. The molecule has 2 aromatic heterocycles. The predicted molar refractivity (Wildman–Crippen MR) is 95.0 cm³/mol. The summed E-state index contributed by atoms with van der Waals surface area (Å²) in [5.41, 5.74) is 0.0428. The van der Waals surface area contributed by atoms with Crippen LogP contribution in [0.2, 0.25) is 0 Å². The molecular weight excluding hydrogens is 357 g/mol. The molecule has 1 atom stereocenters. The van der Waals surface area contributed by atoms with E-state index in [-0.39, 0.29) is 17.9 Å². The first-order valence-electron chi connectivity index (χ1n) is 8.84. The van der Waals surface area contributed by atoms with Gasteiger partial charge < -0.3 is 10.2 Å². The summed E-state index contributed by atoms with van der Waals surface area (Å²) in [7, 11) is 0. The van der Waals surface area contributed by atoms with Crippen molar-refractivity contribution in [2.75, 3.05) is 18.0 Å². The smallest absolute Gasteiger partial charge is 0.357 e. The first-order valence-corrected chi connectivity index (χ1v) is 8.84. The number of nitrogens with zero attached hydrogens (tertiary/aromatic N) is 3. The fourth-order valence-electron chi connectivity index (χ4n) is 3.15. The van der Waals surface area contributed by atoms with Crippen molar-refractivity contribution in [1.82, 2.24) is 15.3 Å². The molecule has 0 aromatic carbocycles. The van der Waals surface area contributed by atoms with Crippen LogP contribution in [-0.2, 0) is 11.0 Å². The van der Waals surface area contributed by atoms with Crippen LogP contribution >= 0.6 is 0 Å². The Balaban J connectivity index is 1.53. The lowest BCUT2D eigenvalue weighted by atomic mass is 9.95. The molecular formula is C19H21F3N4O. The number of alkyl halides is 3. The number of pyridine rings is 2. The zero-order chi connectivity index (χ0) is 19.4. The van der Waals surface area contributed by atoms with Crippen LogP contribution < -0.4 is 10.2 Å². The van der Waals surface area contributed by atoms with Gasteiger partial charge in [0.25, 0.3) is 0 Å². The third kappa shape index (κ3) is 4.75. The number of carbonyl (C=O) groups is 1. The first kappa shape index (κ1) is 19.1. The third-order valence-corrected chi connectivity index (χ3v) is 4.76. The lowest BCUT2D eigenvalue weighted by Crippen LogP contribution is -2.41. The molecule has 3 heterocycles. The largest absolute Gasteiger partial charge is 0.417 e. The van der Waals surface area contributed by atoms with E-state index in [0.717, 1.165) is 18.0 Å². The van der Waals surface area contributed by atoms with Crippen molar-refractivity contribution >= 4 is 11.7 Å². The van der Waals surface area contributed by atoms with Gasteiger partial charge in [-0.3, -0.25) is 9.78 Å². The van der Waals surface area contributed by atoms with Crippen molar-refractivity contribution < 1.29 is 18.0 Å². The molecule has 1 unspecified atom stereocenters. The molecule has 0 radical (unpaired) electrons. The molecule has 1 saturated heterocycles. The van der Waals surface area contributed by atoms with Crippen LogP contribution in [0, 0.1) is 5.92 Å². The molecule has 0 saturated carbocycles. The zero-order valence-electron chi connectivity index (χ0n) is 14.9. The van der Waals surface area contributed by atoms with Gasteiger partial charge in [-0.05, 0) is 44.0 Å². The van der Waals surface area contributed by atoms with Gasteiger partial charge in [-0.2, -0.15) is 13.2 Å². The van der Waals surface area contributed by atoms with E-state index in [1.807, 2.05) is 30.0 Å². The number of amides is 1. The van der Waals surface area contributed by atoms with Crippen molar-refractivity contribution in [3.8, 4) is 0 Å². The molecule has 27 heavy (non-hydrogen) atoms. The number of rotatable bonds is 4. The number of piperidine rings is 1. The second-order valence-corrected chi connectivity index (χ2v) is 6.65. The Bertz CT molecular complexity index is 757. The highest BCUT2D eigenvalue weighted by Gasteiger charge is 2.31. The van der Waals surface area contributed by atoms with Crippen LogP contribution in [0.25, 0.3) is 0 Å². The first-order chi connectivity index (χ1) is 12.8. The highest BCUT2D eigenvalue weighted by atomic mass is 19.4. The van der Waals surface area contributed by atoms with Gasteiger partial charge in [0.1, 0.15) is 5.82 Å². The minimum Gasteiger partial charge on any atom is -0.357 e. The summed E-state index contributed by atoms with van der Waals surface area (Å²) in [5, 5.41) is 2.98. The molecule has 3 rings (SSSR count). The summed E-state index contributed by atoms with van der Waals surface area (Å²) in [5.74, 6) is 0.360. The van der Waals surface area contributed by atoms with Gasteiger partial charge >= 0.3 is 6.18 Å². The molecule has 2 aromatic rings. The van der Waals surface area contributed by atoms with Crippen LogP contribution in [0.4, 0.5) is 19.0 Å². The highest BCUT2D eigenvalue weighted by molar-refractivity contribution is 5.79. The molecule has 1 N–H and O–H groups in total. The fourth-order valence-corrected chi connectivity index (χ4v) is 3.15. The SMILES string of the molecule is CC(NC(=O)C1CCN(c2ccc(C(F)(F)F)cn2)CC1)c1ccccn1. The molecule has 1 fully saturated rings. The quantitative estimate of drug-likeness (QED) is 0.883. The van der Waals surface area contributed by atoms with Crippen molar-refractivity contribution in [3.05, 3.63) is 54.0 Å². The second-order valence-electron chi connectivity index (χ2n) is 6.65. The molecule has 1 amide bonds. The van der Waals surface area contributed by atoms with Crippen molar-refractivity contribution in [3.63, 3.8) is 0 Å². The Morgan fingerprint density at radius 1 is 1.19 bits per heavy atom. The van der Waals surface area contributed by atoms with Crippen molar-refractivity contribution in [2.45, 2.75) is 32.0 Å². The monoisotopic (exact) mass is 378 g/mol. The molecule has 5 nitrogen and oxygen atoms in total. The molecule has 0 spiro atoms. The Morgan fingerprint density at radius 3 is 2.48 bits per heavy atom. The maximum atomic E-state index is 12.6. The van der Waals surface area contributed by atoms with Gasteiger partial charge in [0.15, 0.2) is 0 Å². The summed E-state index contributed by atoms with van der Waals surface area (Å²) in [6.07, 6.45) is -0.593. The van der Waals surface area contributed by atoms with E-state index < -0.39 is 11.7 Å². The zero-order valence-corrected chi connectivity index (χ0v) is 14.9. The van der Waals surface area contributed by atoms with Gasteiger partial charge in [-0.1, -0.05) is 6.07 Å². The van der Waals surface area contributed by atoms with Crippen LogP contribution in [0.1, 0.15) is 37.1 Å². The van der Waals surface area contributed by atoms with E-state index in [0.29, 0.717) is 31.7 Å². The van der Waals surface area contributed by atoms with Crippen molar-refractivity contribution in [1.29, 1.82) is 0 Å². The average Bonchev–Trinajstić information content (AvgIpc) is 2.68. The normalized spacial score (nSPS) is 16.8. The Kier molecular flexibility index (Phi) is 5.62. The van der Waals surface area contributed by atoms with Crippen LogP contribution in [0.15, 0.2) is 42.7 Å². The molecule has 8 heteroatoms. The number of hydrogen-bond acceptors (Lipinski definition) is 4. The maximum Gasteiger partial charge on any atom is 0.417 e. The third-order valence-electron chi connectivity index (χ3n) is 4.76. The number of halogens is 3. The summed E-state index contributed by atoms with van der Waals surface area (Å²) < 4.78 is 37.9. The molecule has 0 aliphatic carbocycles. The van der Waals surface area contributed by atoms with E-state index in [1.165, 1.54) is 6.07 Å². The molecule has 0 bridgehead atoms. The van der Waals surface area contributed by atoms with E-state index in [1.54, 1.807) is 6.20 Å². The van der Waals surface area contributed by atoms with Crippen LogP contribution in [-0.4, -0.2) is 29.0 Å². The number of aromatic nitrogens is 2. The fraction of sp³-hybridized carbons (Fsp3) is 0.421. The molecule has 144 valence electrons. The number of nitrogens with one attached hydrogen (secondary N) is 1. The number of hydrogen-bond donors (Lipinski definition) is 1. The minimum absolute atomic E-state index is 0.0202. The number of anilines is 1. The number of carbonyl (C=O) groups excluding carboxylic acids is 1. The predicted octanol–water partition coefficient (Wildman–Crippen LogP) is 3.59.